The highest BCUT2D eigenvalue weighted by molar-refractivity contribution is 5.29. The summed E-state index contributed by atoms with van der Waals surface area (Å²) in [5.41, 5.74) is 2.93. The van der Waals surface area contributed by atoms with Crippen LogP contribution in [0.1, 0.15) is 79.1 Å². The lowest BCUT2D eigenvalue weighted by atomic mass is 9.61. The summed E-state index contributed by atoms with van der Waals surface area (Å²) in [6, 6.07) is 0. The molecule has 0 unspecified atom stereocenters. The molecule has 3 saturated carbocycles. The van der Waals surface area contributed by atoms with Gasteiger partial charge >= 0.3 is 0 Å². The van der Waals surface area contributed by atoms with E-state index in [1.165, 1.54) is 25.7 Å². The first-order valence-electron chi connectivity index (χ1n) is 11.8. The van der Waals surface area contributed by atoms with E-state index in [1.54, 1.807) is 5.57 Å². The molecule has 3 nitrogen and oxygen atoms in total. The molecule has 30 heavy (non-hydrogen) atoms. The lowest BCUT2D eigenvalue weighted by molar-refractivity contribution is 0.0832. The maximum atomic E-state index is 10.1. The van der Waals surface area contributed by atoms with E-state index in [2.05, 4.69) is 44.7 Å². The Bertz CT molecular complexity index is 707. The Labute approximate surface area is 183 Å². The minimum absolute atomic E-state index is 0.334. The second kappa shape index (κ2) is 9.14. The van der Waals surface area contributed by atoms with Crippen molar-refractivity contribution >= 4 is 0 Å². The zero-order valence-electron chi connectivity index (χ0n) is 19.4. The lowest BCUT2D eigenvalue weighted by Crippen LogP contribution is -2.35. The van der Waals surface area contributed by atoms with E-state index in [0.717, 1.165) is 12.0 Å². The number of rotatable bonds is 5. The van der Waals surface area contributed by atoms with Crippen LogP contribution in [0, 0.1) is 23.2 Å². The maximum Gasteiger partial charge on any atom is 0.0809 e. The van der Waals surface area contributed by atoms with E-state index in [9.17, 15) is 15.3 Å². The molecule has 0 spiro atoms. The van der Waals surface area contributed by atoms with E-state index in [0.29, 0.717) is 48.0 Å². The van der Waals surface area contributed by atoms with Gasteiger partial charge in [0.2, 0.25) is 0 Å². The van der Waals surface area contributed by atoms with Gasteiger partial charge in [0.25, 0.3) is 0 Å². The van der Waals surface area contributed by atoms with Crippen LogP contribution in [0.3, 0.4) is 0 Å². The predicted molar refractivity (Wildman–Crippen MR) is 124 cm³/mol. The van der Waals surface area contributed by atoms with Crippen LogP contribution in [-0.2, 0) is 0 Å². The average Bonchev–Trinajstić information content (AvgIpc) is 3.00. The largest absolute Gasteiger partial charge is 0.390 e. The Morgan fingerprint density at radius 2 is 1.83 bits per heavy atom. The van der Waals surface area contributed by atoms with Gasteiger partial charge in [-0.3, -0.25) is 0 Å². The molecule has 0 aliphatic heterocycles. The Morgan fingerprint density at radius 3 is 2.47 bits per heavy atom. The fourth-order valence-corrected chi connectivity index (χ4v) is 6.27. The fourth-order valence-electron chi connectivity index (χ4n) is 6.27. The molecule has 168 valence electrons. The molecule has 3 aliphatic carbocycles. The van der Waals surface area contributed by atoms with Gasteiger partial charge in [0.1, 0.15) is 0 Å². The van der Waals surface area contributed by atoms with E-state index < -0.39 is 17.8 Å². The first-order valence-corrected chi connectivity index (χ1v) is 11.8. The molecular formula is C27H42O3. The van der Waals surface area contributed by atoms with Crippen molar-refractivity contribution in [1.29, 1.82) is 0 Å². The zero-order chi connectivity index (χ0) is 22.1. The highest BCUT2D eigenvalue weighted by Gasteiger charge is 2.50. The number of hydrogen-bond donors (Lipinski definition) is 3. The van der Waals surface area contributed by atoms with Gasteiger partial charge in [-0.2, -0.15) is 0 Å². The molecule has 3 N–H and O–H groups in total. The summed E-state index contributed by atoms with van der Waals surface area (Å²) in [5.74, 6) is 1.83. The lowest BCUT2D eigenvalue weighted by Gasteiger charge is -2.44. The first-order chi connectivity index (χ1) is 14.0. The van der Waals surface area contributed by atoms with Crippen molar-refractivity contribution in [1.82, 2.24) is 0 Å². The molecule has 0 aromatic rings. The van der Waals surface area contributed by atoms with Gasteiger partial charge in [0.15, 0.2) is 0 Å². The molecule has 0 radical (unpaired) electrons. The number of aliphatic hydroxyl groups is 3. The first kappa shape index (κ1) is 23.5. The van der Waals surface area contributed by atoms with Crippen LogP contribution in [0.2, 0.25) is 0 Å². The number of allylic oxidation sites excluding steroid dienone is 4. The zero-order valence-corrected chi connectivity index (χ0v) is 19.4. The SMILES string of the molecule is C=C1[C@H](O)CC(=C/C=C2\CCC[C@]3(C)[C@@H]([C@@H](C)/C=C/CC(C)(C)O)CC[C@@H]23)C[C@H]1O. The summed E-state index contributed by atoms with van der Waals surface area (Å²) >= 11 is 0. The van der Waals surface area contributed by atoms with Gasteiger partial charge < -0.3 is 15.3 Å². The molecule has 3 rings (SSSR count). The van der Waals surface area contributed by atoms with Gasteiger partial charge in [0, 0.05) is 0 Å². The third-order valence-corrected chi connectivity index (χ3v) is 8.03. The molecule has 0 amide bonds. The Balaban J connectivity index is 1.72. The predicted octanol–water partition coefficient (Wildman–Crippen LogP) is 5.48. The third-order valence-electron chi connectivity index (χ3n) is 8.03. The van der Waals surface area contributed by atoms with Gasteiger partial charge in [-0.1, -0.05) is 55.9 Å². The highest BCUT2D eigenvalue weighted by atomic mass is 16.3. The summed E-state index contributed by atoms with van der Waals surface area (Å²) in [4.78, 5) is 0. The minimum Gasteiger partial charge on any atom is -0.390 e. The molecule has 0 heterocycles. The second-order valence-corrected chi connectivity index (χ2v) is 11.0. The molecule has 0 aromatic carbocycles. The smallest absolute Gasteiger partial charge is 0.0809 e. The second-order valence-electron chi connectivity index (χ2n) is 11.0. The van der Waals surface area contributed by atoms with Crippen LogP contribution in [0.15, 0.2) is 47.6 Å². The highest BCUT2D eigenvalue weighted by Crippen LogP contribution is 2.59. The van der Waals surface area contributed by atoms with Crippen LogP contribution in [0.5, 0.6) is 0 Å². The summed E-state index contributed by atoms with van der Waals surface area (Å²) in [5, 5.41) is 30.2. The van der Waals surface area contributed by atoms with Crippen molar-refractivity contribution in [3.05, 3.63) is 47.6 Å². The van der Waals surface area contributed by atoms with E-state index in [1.807, 2.05) is 13.8 Å². The summed E-state index contributed by atoms with van der Waals surface area (Å²) in [6.07, 6.45) is 15.8. The van der Waals surface area contributed by atoms with Gasteiger partial charge in [0.05, 0.1) is 17.8 Å². The van der Waals surface area contributed by atoms with Crippen molar-refractivity contribution in [2.75, 3.05) is 0 Å². The van der Waals surface area contributed by atoms with E-state index in [4.69, 9.17) is 0 Å². The quantitative estimate of drug-likeness (QED) is 0.522. The Morgan fingerprint density at radius 1 is 1.17 bits per heavy atom. The average molecular weight is 415 g/mol. The molecule has 3 heteroatoms. The van der Waals surface area contributed by atoms with Crippen molar-refractivity contribution in [3.8, 4) is 0 Å². The topological polar surface area (TPSA) is 60.7 Å². The fraction of sp³-hybridized carbons (Fsp3) is 0.704. The normalized spacial score (nSPS) is 37.6. The van der Waals surface area contributed by atoms with Gasteiger partial charge in [-0.25, -0.2) is 0 Å². The third kappa shape index (κ3) is 5.18. The Hall–Kier alpha value is -1.16. The molecule has 0 aromatic heterocycles. The van der Waals surface area contributed by atoms with Crippen LogP contribution < -0.4 is 0 Å². The van der Waals surface area contributed by atoms with E-state index >= 15 is 0 Å². The van der Waals surface area contributed by atoms with Gasteiger partial charge in [-0.15, -0.1) is 0 Å². The number of aliphatic hydroxyl groups excluding tert-OH is 2. The summed E-state index contributed by atoms with van der Waals surface area (Å²) in [6.45, 7) is 12.4. The standard InChI is InChI=1S/C27H42O3/c1-18(8-6-14-26(3,4)30)22-12-13-23-21(9-7-15-27(22,23)5)11-10-20-16-24(28)19(2)25(29)17-20/h6,8,10-11,18,22-25,28-30H,2,7,9,12-17H2,1,3-5H3/b8-6+,21-11+/t18-,22+,23-,24+,25+,27+/m0/s1. The van der Waals surface area contributed by atoms with Gasteiger partial charge in [-0.05, 0) is 94.0 Å². The molecule has 3 aliphatic rings. The van der Waals surface area contributed by atoms with Crippen LogP contribution in [0.25, 0.3) is 0 Å². The van der Waals surface area contributed by atoms with Crippen LogP contribution in [0.4, 0.5) is 0 Å². The monoisotopic (exact) mass is 414 g/mol. The molecule has 6 atom stereocenters. The van der Waals surface area contributed by atoms with Crippen molar-refractivity contribution in [2.24, 2.45) is 23.2 Å². The molecule has 3 fully saturated rings. The molecule has 0 saturated heterocycles. The minimum atomic E-state index is -0.640. The van der Waals surface area contributed by atoms with Crippen molar-refractivity contribution in [3.63, 3.8) is 0 Å². The number of fused-ring (bicyclic) bond motifs is 1. The molecular weight excluding hydrogens is 372 g/mol. The number of hydrogen-bond acceptors (Lipinski definition) is 3. The molecule has 0 bridgehead atoms. The van der Waals surface area contributed by atoms with Crippen LogP contribution in [-0.4, -0.2) is 33.1 Å². The van der Waals surface area contributed by atoms with Crippen molar-refractivity contribution in [2.45, 2.75) is 96.9 Å². The van der Waals surface area contributed by atoms with Crippen LogP contribution >= 0.6 is 0 Å². The van der Waals surface area contributed by atoms with Crippen molar-refractivity contribution < 1.29 is 15.3 Å². The van der Waals surface area contributed by atoms with E-state index in [-0.39, 0.29) is 0 Å². The summed E-state index contributed by atoms with van der Waals surface area (Å²) in [7, 11) is 0. The Kier molecular flexibility index (Phi) is 7.16. The maximum absolute atomic E-state index is 10.1. The summed E-state index contributed by atoms with van der Waals surface area (Å²) < 4.78 is 0.